The van der Waals surface area contributed by atoms with Crippen molar-refractivity contribution in [3.63, 3.8) is 0 Å². The molecule has 0 spiro atoms. The van der Waals surface area contributed by atoms with Crippen LogP contribution in [0.1, 0.15) is 30.9 Å². The van der Waals surface area contributed by atoms with E-state index >= 15 is 0 Å². The maximum Gasteiger partial charge on any atom is 0.271 e. The number of aryl methyl sites for hydroxylation is 1. The zero-order chi connectivity index (χ0) is 20.0. The van der Waals surface area contributed by atoms with E-state index in [1.165, 1.54) is 24.4 Å². The monoisotopic (exact) mass is 364 g/mol. The van der Waals surface area contributed by atoms with Crippen LogP contribution in [0.5, 0.6) is 0 Å². The number of para-hydroxylation sites is 1. The van der Waals surface area contributed by atoms with E-state index in [1.54, 1.807) is 6.07 Å². The second kappa shape index (κ2) is 8.63. The number of anilines is 2. The molecule has 0 radical (unpaired) electrons. The number of nitriles is 1. The van der Waals surface area contributed by atoms with Crippen LogP contribution in [0.2, 0.25) is 0 Å². The van der Waals surface area contributed by atoms with E-state index in [4.69, 9.17) is 0 Å². The lowest BCUT2D eigenvalue weighted by Gasteiger charge is -2.16. The SMILES string of the molecule is Cc1cccc(C(C)C)c1NC(=O)/C(C#N)=C\Nc1cccc([N+](=O)[O-])c1. The highest BCUT2D eigenvalue weighted by molar-refractivity contribution is 6.07. The molecule has 27 heavy (non-hydrogen) atoms. The molecule has 0 bridgehead atoms. The Labute approximate surface area is 157 Å². The number of hydrogen-bond acceptors (Lipinski definition) is 5. The Morgan fingerprint density at radius 2 is 1.96 bits per heavy atom. The van der Waals surface area contributed by atoms with Crippen molar-refractivity contribution in [1.29, 1.82) is 5.26 Å². The zero-order valence-corrected chi connectivity index (χ0v) is 15.3. The first-order valence-electron chi connectivity index (χ1n) is 8.35. The van der Waals surface area contributed by atoms with Crippen molar-refractivity contribution in [2.75, 3.05) is 10.6 Å². The van der Waals surface area contributed by atoms with E-state index in [9.17, 15) is 20.2 Å². The fourth-order valence-corrected chi connectivity index (χ4v) is 2.54. The molecule has 0 aliphatic carbocycles. The second-order valence-corrected chi connectivity index (χ2v) is 6.27. The molecule has 0 aliphatic heterocycles. The molecule has 7 nitrogen and oxygen atoms in total. The van der Waals surface area contributed by atoms with Gasteiger partial charge in [-0.25, -0.2) is 0 Å². The van der Waals surface area contributed by atoms with Crippen LogP contribution in [0.3, 0.4) is 0 Å². The maximum absolute atomic E-state index is 12.5. The minimum Gasteiger partial charge on any atom is -0.360 e. The van der Waals surface area contributed by atoms with Crippen LogP contribution in [0, 0.1) is 28.4 Å². The number of hydrogen-bond donors (Lipinski definition) is 2. The molecule has 2 aromatic rings. The fraction of sp³-hybridized carbons (Fsp3) is 0.200. The van der Waals surface area contributed by atoms with Gasteiger partial charge in [0.05, 0.1) is 4.92 Å². The number of rotatable bonds is 6. The molecule has 0 aromatic heterocycles. The van der Waals surface area contributed by atoms with Gasteiger partial charge in [0.2, 0.25) is 0 Å². The van der Waals surface area contributed by atoms with E-state index in [-0.39, 0.29) is 17.2 Å². The molecule has 0 atom stereocenters. The van der Waals surface area contributed by atoms with Crippen molar-refractivity contribution in [3.05, 3.63) is 75.5 Å². The molecule has 138 valence electrons. The lowest BCUT2D eigenvalue weighted by atomic mass is 9.98. The summed E-state index contributed by atoms with van der Waals surface area (Å²) in [4.78, 5) is 22.8. The molecule has 0 aliphatic rings. The van der Waals surface area contributed by atoms with E-state index in [1.807, 2.05) is 45.0 Å². The molecule has 7 heteroatoms. The third-order valence-corrected chi connectivity index (χ3v) is 3.97. The molecule has 0 fully saturated rings. The van der Waals surface area contributed by atoms with Crippen molar-refractivity contribution in [1.82, 2.24) is 0 Å². The van der Waals surface area contributed by atoms with Gasteiger partial charge < -0.3 is 10.6 Å². The average Bonchev–Trinajstić information content (AvgIpc) is 2.63. The number of non-ortho nitro benzene ring substituents is 1. The van der Waals surface area contributed by atoms with Gasteiger partial charge >= 0.3 is 0 Å². The van der Waals surface area contributed by atoms with Crippen LogP contribution in [0.4, 0.5) is 17.1 Å². The molecule has 0 saturated carbocycles. The number of benzene rings is 2. The fourth-order valence-electron chi connectivity index (χ4n) is 2.54. The first-order chi connectivity index (χ1) is 12.8. The van der Waals surface area contributed by atoms with Gasteiger partial charge in [-0.3, -0.25) is 14.9 Å². The van der Waals surface area contributed by atoms with Crippen molar-refractivity contribution >= 4 is 23.0 Å². The third kappa shape index (κ3) is 4.92. The summed E-state index contributed by atoms with van der Waals surface area (Å²) in [6, 6.07) is 13.4. The Morgan fingerprint density at radius 1 is 1.26 bits per heavy atom. The van der Waals surface area contributed by atoms with Gasteiger partial charge in [-0.05, 0) is 30.0 Å². The maximum atomic E-state index is 12.5. The average molecular weight is 364 g/mol. The minimum atomic E-state index is -0.549. The normalized spacial score (nSPS) is 11.0. The molecule has 1 amide bonds. The lowest BCUT2D eigenvalue weighted by Crippen LogP contribution is -2.17. The Balaban J connectivity index is 2.22. The summed E-state index contributed by atoms with van der Waals surface area (Å²) >= 11 is 0. The summed E-state index contributed by atoms with van der Waals surface area (Å²) in [5, 5.41) is 25.7. The summed E-state index contributed by atoms with van der Waals surface area (Å²) in [6.07, 6.45) is 1.24. The van der Waals surface area contributed by atoms with Crippen LogP contribution < -0.4 is 10.6 Å². The standard InChI is InChI=1S/C20H20N4O3/c1-13(2)18-9-4-6-14(3)19(18)23-20(25)15(11-21)12-22-16-7-5-8-17(10-16)24(26)27/h4-10,12-13,22H,1-3H3,(H,23,25)/b15-12-. The third-order valence-electron chi connectivity index (χ3n) is 3.97. The Bertz CT molecular complexity index is 942. The van der Waals surface area contributed by atoms with Gasteiger partial charge in [-0.1, -0.05) is 38.1 Å². The van der Waals surface area contributed by atoms with Crippen LogP contribution in [0.15, 0.2) is 54.2 Å². The van der Waals surface area contributed by atoms with Gasteiger partial charge in [-0.2, -0.15) is 5.26 Å². The minimum absolute atomic E-state index is 0.0853. The molecule has 2 aromatic carbocycles. The molecular formula is C20H20N4O3. The topological polar surface area (TPSA) is 108 Å². The first-order valence-corrected chi connectivity index (χ1v) is 8.35. The van der Waals surface area contributed by atoms with Gasteiger partial charge in [0.25, 0.3) is 11.6 Å². The number of nitrogens with zero attached hydrogens (tertiary/aromatic N) is 2. The predicted molar refractivity (Wildman–Crippen MR) is 104 cm³/mol. The molecule has 2 N–H and O–H groups in total. The second-order valence-electron chi connectivity index (χ2n) is 6.27. The Morgan fingerprint density at radius 3 is 2.59 bits per heavy atom. The largest absolute Gasteiger partial charge is 0.360 e. The summed E-state index contributed by atoms with van der Waals surface area (Å²) in [7, 11) is 0. The first kappa shape index (κ1) is 19.7. The highest BCUT2D eigenvalue weighted by Gasteiger charge is 2.15. The highest BCUT2D eigenvalue weighted by Crippen LogP contribution is 2.27. The summed E-state index contributed by atoms with van der Waals surface area (Å²) < 4.78 is 0. The quantitative estimate of drug-likeness (QED) is 0.340. The van der Waals surface area contributed by atoms with Crippen molar-refractivity contribution < 1.29 is 9.72 Å². The van der Waals surface area contributed by atoms with Gasteiger partial charge in [-0.15, -0.1) is 0 Å². The Kier molecular flexibility index (Phi) is 6.28. The number of amides is 1. The predicted octanol–water partition coefficient (Wildman–Crippen LogP) is 4.48. The van der Waals surface area contributed by atoms with E-state index in [0.29, 0.717) is 11.4 Å². The van der Waals surface area contributed by atoms with E-state index in [0.717, 1.165) is 11.1 Å². The summed E-state index contributed by atoms with van der Waals surface area (Å²) in [6.45, 7) is 5.93. The number of nitro groups is 1. The van der Waals surface area contributed by atoms with E-state index in [2.05, 4.69) is 10.6 Å². The van der Waals surface area contributed by atoms with Crippen LogP contribution in [-0.4, -0.2) is 10.8 Å². The zero-order valence-electron chi connectivity index (χ0n) is 15.3. The van der Waals surface area contributed by atoms with Gasteiger partial charge in [0.15, 0.2) is 0 Å². The Hall–Kier alpha value is -3.66. The number of carbonyl (C=O) groups excluding carboxylic acids is 1. The summed E-state index contributed by atoms with van der Waals surface area (Å²) in [5.74, 6) is -0.343. The van der Waals surface area contributed by atoms with Gasteiger partial charge in [0.1, 0.15) is 11.6 Å². The van der Waals surface area contributed by atoms with Crippen molar-refractivity contribution in [3.8, 4) is 6.07 Å². The number of nitro benzene ring substituents is 1. The molecule has 0 saturated heterocycles. The molecule has 0 heterocycles. The summed E-state index contributed by atoms with van der Waals surface area (Å²) in [5.41, 5.74) is 2.75. The van der Waals surface area contributed by atoms with Crippen LogP contribution >= 0.6 is 0 Å². The van der Waals surface area contributed by atoms with Gasteiger partial charge in [0, 0.05) is 29.7 Å². The number of carbonyl (C=O) groups is 1. The smallest absolute Gasteiger partial charge is 0.271 e. The highest BCUT2D eigenvalue weighted by atomic mass is 16.6. The van der Waals surface area contributed by atoms with Crippen molar-refractivity contribution in [2.24, 2.45) is 0 Å². The van der Waals surface area contributed by atoms with Crippen LogP contribution in [0.25, 0.3) is 0 Å². The van der Waals surface area contributed by atoms with E-state index < -0.39 is 10.8 Å². The number of nitrogens with one attached hydrogen (secondary N) is 2. The molecule has 0 unspecified atom stereocenters. The molecule has 2 rings (SSSR count). The van der Waals surface area contributed by atoms with Crippen molar-refractivity contribution in [2.45, 2.75) is 26.7 Å². The molecular weight excluding hydrogens is 344 g/mol. The van der Waals surface area contributed by atoms with Crippen LogP contribution in [-0.2, 0) is 4.79 Å². The lowest BCUT2D eigenvalue weighted by molar-refractivity contribution is -0.384.